The van der Waals surface area contributed by atoms with Gasteiger partial charge >= 0.3 is 5.63 Å². The normalized spacial score (nSPS) is 12.4. The van der Waals surface area contributed by atoms with E-state index in [-0.39, 0.29) is 6.42 Å². The summed E-state index contributed by atoms with van der Waals surface area (Å²) in [5.41, 5.74) is 5.25. The van der Waals surface area contributed by atoms with E-state index in [0.717, 1.165) is 0 Å². The lowest BCUT2D eigenvalue weighted by Gasteiger charge is -1.98. The minimum atomic E-state index is -0.553. The van der Waals surface area contributed by atoms with Crippen LogP contribution in [0.5, 0.6) is 0 Å². The number of hydrogen-bond donors (Lipinski definition) is 2. The number of rotatable bonds is 2. The summed E-state index contributed by atoms with van der Waals surface area (Å²) < 4.78 is 4.36. The van der Waals surface area contributed by atoms with E-state index in [4.69, 9.17) is 11.0 Å². The molecule has 1 rings (SSSR count). The largest absolute Gasteiger partial charge is 0.361 e. The summed E-state index contributed by atoms with van der Waals surface area (Å²) in [5, 5.41) is 10.5. The first-order valence-corrected chi connectivity index (χ1v) is 3.05. The molecule has 0 radical (unpaired) electrons. The molecule has 0 fully saturated rings. The molecule has 0 bridgehead atoms. The van der Waals surface area contributed by atoms with Crippen LogP contribution in [0, 0.1) is 11.3 Å². The van der Waals surface area contributed by atoms with Crippen molar-refractivity contribution in [3.63, 3.8) is 0 Å². The van der Waals surface area contributed by atoms with Gasteiger partial charge in [-0.05, 0) is 0 Å². The summed E-state index contributed by atoms with van der Waals surface area (Å²) in [4.78, 5) is 10.7. The Labute approximate surface area is 62.4 Å². The Kier molecular flexibility index (Phi) is 2.09. The molecule has 1 aromatic rings. The highest BCUT2D eigenvalue weighted by Gasteiger charge is 2.11. The zero-order valence-electron chi connectivity index (χ0n) is 5.70. The van der Waals surface area contributed by atoms with E-state index in [2.05, 4.69) is 9.68 Å². The van der Waals surface area contributed by atoms with Crippen LogP contribution >= 0.6 is 0 Å². The number of nitriles is 1. The molecule has 1 unspecified atom stereocenters. The van der Waals surface area contributed by atoms with Crippen molar-refractivity contribution in [3.8, 4) is 6.07 Å². The summed E-state index contributed by atoms with van der Waals surface area (Å²) >= 11 is 0. The molecule has 0 saturated carbocycles. The highest BCUT2D eigenvalue weighted by molar-refractivity contribution is 5.08. The fourth-order valence-electron chi connectivity index (χ4n) is 0.731. The SMILES string of the molecule is N#CCC(N)c1c[nH]oc1=O. The fourth-order valence-corrected chi connectivity index (χ4v) is 0.731. The number of nitrogens with one attached hydrogen (secondary N) is 1. The van der Waals surface area contributed by atoms with Gasteiger partial charge < -0.3 is 10.3 Å². The molecule has 5 nitrogen and oxygen atoms in total. The highest BCUT2D eigenvalue weighted by atomic mass is 16.5. The van der Waals surface area contributed by atoms with E-state index in [1.807, 2.05) is 6.07 Å². The number of nitrogens with zero attached hydrogens (tertiary/aromatic N) is 1. The van der Waals surface area contributed by atoms with Gasteiger partial charge in [-0.1, -0.05) is 0 Å². The summed E-state index contributed by atoms with van der Waals surface area (Å²) in [7, 11) is 0. The Morgan fingerprint density at radius 1 is 1.91 bits per heavy atom. The molecule has 1 heterocycles. The maximum atomic E-state index is 10.7. The average Bonchev–Trinajstić information content (AvgIpc) is 2.36. The molecule has 58 valence electrons. The predicted molar refractivity (Wildman–Crippen MR) is 36.5 cm³/mol. The summed E-state index contributed by atoms with van der Waals surface area (Å²) in [6, 6.07) is 1.31. The quantitative estimate of drug-likeness (QED) is 0.619. The molecule has 5 heteroatoms. The summed E-state index contributed by atoms with van der Waals surface area (Å²) in [6.45, 7) is 0. The van der Waals surface area contributed by atoms with Crippen molar-refractivity contribution in [1.29, 1.82) is 5.26 Å². The topological polar surface area (TPSA) is 95.8 Å². The van der Waals surface area contributed by atoms with E-state index in [9.17, 15) is 4.79 Å². The number of H-pyrrole nitrogens is 1. The molecule has 0 saturated heterocycles. The molecule has 1 aromatic heterocycles. The lowest BCUT2D eigenvalue weighted by atomic mass is 10.1. The van der Waals surface area contributed by atoms with Crippen molar-refractivity contribution in [3.05, 3.63) is 22.2 Å². The number of hydrogen-bond acceptors (Lipinski definition) is 4. The van der Waals surface area contributed by atoms with E-state index in [0.29, 0.717) is 5.56 Å². The molecule has 0 aliphatic rings. The second kappa shape index (κ2) is 3.03. The van der Waals surface area contributed by atoms with Gasteiger partial charge in [0.25, 0.3) is 0 Å². The van der Waals surface area contributed by atoms with Crippen LogP contribution in [-0.2, 0) is 0 Å². The summed E-state index contributed by atoms with van der Waals surface area (Å²) in [6.07, 6.45) is 1.48. The van der Waals surface area contributed by atoms with Crippen LogP contribution < -0.4 is 11.4 Å². The number of aromatic nitrogens is 1. The maximum Gasteiger partial charge on any atom is 0.361 e. The molecule has 0 aliphatic carbocycles. The van der Waals surface area contributed by atoms with Crippen molar-refractivity contribution in [1.82, 2.24) is 5.16 Å². The molecule has 3 N–H and O–H groups in total. The zero-order valence-corrected chi connectivity index (χ0v) is 5.70. The van der Waals surface area contributed by atoms with Gasteiger partial charge in [0.05, 0.1) is 24.1 Å². The van der Waals surface area contributed by atoms with Gasteiger partial charge in [0.15, 0.2) is 0 Å². The average molecular weight is 153 g/mol. The van der Waals surface area contributed by atoms with Crippen LogP contribution in [0.15, 0.2) is 15.5 Å². The Morgan fingerprint density at radius 2 is 2.64 bits per heavy atom. The van der Waals surface area contributed by atoms with Gasteiger partial charge in [-0.3, -0.25) is 0 Å². The van der Waals surface area contributed by atoms with Crippen LogP contribution in [0.4, 0.5) is 0 Å². The Hall–Kier alpha value is -1.54. The predicted octanol–water partition coefficient (Wildman–Crippen LogP) is -0.119. The van der Waals surface area contributed by atoms with E-state index in [1.54, 1.807) is 0 Å². The zero-order chi connectivity index (χ0) is 8.27. The lowest BCUT2D eigenvalue weighted by Crippen LogP contribution is -2.15. The van der Waals surface area contributed by atoms with Crippen molar-refractivity contribution in [2.24, 2.45) is 5.73 Å². The van der Waals surface area contributed by atoms with Crippen LogP contribution in [0.3, 0.4) is 0 Å². The standard InChI is InChI=1S/C6H7N3O2/c7-2-1-5(8)4-3-9-11-6(4)10/h3,5,9H,1,8H2. The van der Waals surface area contributed by atoms with Crippen LogP contribution in [0.25, 0.3) is 0 Å². The Balaban J connectivity index is 2.86. The lowest BCUT2D eigenvalue weighted by molar-refractivity contribution is 0.389. The first-order chi connectivity index (χ1) is 5.25. The number of nitrogens with two attached hydrogens (primary N) is 1. The monoisotopic (exact) mass is 153 g/mol. The van der Waals surface area contributed by atoms with Gasteiger partial charge in [0, 0.05) is 6.20 Å². The Bertz CT molecular complexity index is 319. The van der Waals surface area contributed by atoms with Crippen LogP contribution in [0.1, 0.15) is 18.0 Å². The van der Waals surface area contributed by atoms with Gasteiger partial charge in [0.2, 0.25) is 0 Å². The third-order valence-electron chi connectivity index (χ3n) is 1.31. The minimum absolute atomic E-state index is 0.114. The molecular formula is C6H7N3O2. The fraction of sp³-hybridized carbons (Fsp3) is 0.333. The maximum absolute atomic E-state index is 10.7. The van der Waals surface area contributed by atoms with Crippen LogP contribution in [-0.4, -0.2) is 5.16 Å². The first kappa shape index (κ1) is 7.57. The van der Waals surface area contributed by atoms with Gasteiger partial charge in [0.1, 0.15) is 0 Å². The van der Waals surface area contributed by atoms with E-state index < -0.39 is 11.7 Å². The molecular weight excluding hydrogens is 146 g/mol. The molecule has 0 amide bonds. The van der Waals surface area contributed by atoms with Crippen molar-refractivity contribution in [2.45, 2.75) is 12.5 Å². The third kappa shape index (κ3) is 1.48. The molecule has 1 atom stereocenters. The third-order valence-corrected chi connectivity index (χ3v) is 1.31. The summed E-state index contributed by atoms with van der Waals surface area (Å²) in [5.74, 6) is 0. The van der Waals surface area contributed by atoms with Gasteiger partial charge in [-0.2, -0.15) is 5.26 Å². The van der Waals surface area contributed by atoms with Crippen molar-refractivity contribution in [2.75, 3.05) is 0 Å². The molecule has 0 aliphatic heterocycles. The number of aromatic amines is 1. The van der Waals surface area contributed by atoms with Crippen molar-refractivity contribution >= 4 is 0 Å². The highest BCUT2D eigenvalue weighted by Crippen LogP contribution is 2.06. The molecule has 0 aromatic carbocycles. The molecule has 11 heavy (non-hydrogen) atoms. The Morgan fingerprint density at radius 3 is 3.09 bits per heavy atom. The van der Waals surface area contributed by atoms with Gasteiger partial charge in [-0.15, -0.1) is 0 Å². The van der Waals surface area contributed by atoms with E-state index in [1.165, 1.54) is 6.20 Å². The van der Waals surface area contributed by atoms with Gasteiger partial charge in [-0.25, -0.2) is 9.95 Å². The minimum Gasteiger partial charge on any atom is -0.339 e. The second-order valence-electron chi connectivity index (χ2n) is 2.08. The van der Waals surface area contributed by atoms with E-state index >= 15 is 0 Å². The first-order valence-electron chi connectivity index (χ1n) is 3.05. The smallest absolute Gasteiger partial charge is 0.339 e. The molecule has 0 spiro atoms. The van der Waals surface area contributed by atoms with Crippen LogP contribution in [0.2, 0.25) is 0 Å². The van der Waals surface area contributed by atoms with Crippen molar-refractivity contribution < 1.29 is 4.52 Å². The second-order valence-corrected chi connectivity index (χ2v) is 2.08.